The van der Waals surface area contributed by atoms with Crippen LogP contribution in [0.15, 0.2) is 12.4 Å². The smallest absolute Gasteiger partial charge is 0.376 e. The second-order valence-electron chi connectivity index (χ2n) is 5.80. The topological polar surface area (TPSA) is 76.4 Å². The predicted molar refractivity (Wildman–Crippen MR) is 74.4 cm³/mol. The summed E-state index contributed by atoms with van der Waals surface area (Å²) in [4.78, 5) is 15.6. The van der Waals surface area contributed by atoms with Gasteiger partial charge in [-0.2, -0.15) is 13.2 Å². The third kappa shape index (κ3) is 3.66. The van der Waals surface area contributed by atoms with Crippen LogP contribution in [0, 0.1) is 0 Å². The molecule has 130 valence electrons. The Morgan fingerprint density at radius 2 is 2.30 bits per heavy atom. The first-order valence-corrected chi connectivity index (χ1v) is 7.33. The van der Waals surface area contributed by atoms with E-state index in [0.717, 1.165) is 23.6 Å². The second kappa shape index (κ2) is 6.48. The lowest BCUT2D eigenvalue weighted by atomic mass is 9.96. The molecular weight excluding hydrogens is 315 g/mol. The molecular formula is C14H20F3N3O3. The van der Waals surface area contributed by atoms with Crippen LogP contribution in [0.3, 0.4) is 0 Å². The fraction of sp³-hybridized carbons (Fsp3) is 0.714. The number of nitrogens with zero attached hydrogens (tertiary/aromatic N) is 2. The number of hydrogen-bond donors (Lipinski definition) is 2. The van der Waals surface area contributed by atoms with Gasteiger partial charge in [0.1, 0.15) is 0 Å². The summed E-state index contributed by atoms with van der Waals surface area (Å²) in [6, 6.07) is -0.427. The van der Waals surface area contributed by atoms with E-state index in [9.17, 15) is 23.1 Å². The summed E-state index contributed by atoms with van der Waals surface area (Å²) in [5.41, 5.74) is -3.34. The maximum atomic E-state index is 13.3. The molecule has 2 N–H and O–H groups in total. The van der Waals surface area contributed by atoms with Crippen molar-refractivity contribution < 1.29 is 27.8 Å². The molecule has 2 rings (SSSR count). The number of hydrogen-bond acceptors (Lipinski definition) is 4. The van der Waals surface area contributed by atoms with Crippen LogP contribution in [0.1, 0.15) is 32.0 Å². The number of aryl methyl sites for hydroxylation is 1. The molecule has 1 amide bonds. The average Bonchev–Trinajstić information content (AvgIpc) is 3.07. The number of imidazole rings is 1. The van der Waals surface area contributed by atoms with E-state index in [1.807, 2.05) is 0 Å². The first-order valence-electron chi connectivity index (χ1n) is 7.33. The van der Waals surface area contributed by atoms with E-state index >= 15 is 0 Å². The molecule has 0 bridgehead atoms. The Hall–Kier alpha value is -1.61. The van der Waals surface area contributed by atoms with Crippen molar-refractivity contribution in [1.29, 1.82) is 0 Å². The van der Waals surface area contributed by atoms with Gasteiger partial charge in [0.25, 0.3) is 0 Å². The maximum Gasteiger partial charge on any atom is 0.425 e. The van der Waals surface area contributed by atoms with Crippen LogP contribution < -0.4 is 5.32 Å². The van der Waals surface area contributed by atoms with Gasteiger partial charge in [-0.1, -0.05) is 0 Å². The number of rotatable bonds is 5. The number of ether oxygens (including phenoxy) is 1. The van der Waals surface area contributed by atoms with Gasteiger partial charge in [-0.25, -0.2) is 4.98 Å². The number of alkyl halides is 3. The lowest BCUT2D eigenvalue weighted by Crippen LogP contribution is -2.50. The summed E-state index contributed by atoms with van der Waals surface area (Å²) >= 11 is 0. The molecule has 1 aliphatic rings. The molecule has 0 aromatic carbocycles. The van der Waals surface area contributed by atoms with E-state index < -0.39 is 36.0 Å². The molecule has 0 radical (unpaired) electrons. The van der Waals surface area contributed by atoms with Gasteiger partial charge in [-0.3, -0.25) is 4.79 Å². The fourth-order valence-corrected chi connectivity index (χ4v) is 2.70. The highest BCUT2D eigenvalue weighted by Crippen LogP contribution is 2.40. The lowest BCUT2D eigenvalue weighted by molar-refractivity contribution is -0.271. The Balaban J connectivity index is 2.12. The van der Waals surface area contributed by atoms with Gasteiger partial charge in [-0.05, 0) is 19.8 Å². The minimum atomic E-state index is -5.03. The third-order valence-corrected chi connectivity index (χ3v) is 3.99. The zero-order valence-electron chi connectivity index (χ0n) is 12.9. The van der Waals surface area contributed by atoms with Crippen molar-refractivity contribution in [2.45, 2.75) is 50.1 Å². The molecule has 0 aliphatic carbocycles. The summed E-state index contributed by atoms with van der Waals surface area (Å²) < 4.78 is 46.4. The standard InChI is InChI=1S/C14H20F3N3O3/c1-9(10-4-3-7-23-10)19-11(21)8-13(22,14(15,16)17)12-18-5-6-20(12)2/h5-6,9-10,22H,3-4,7-8H2,1-2H3,(H,19,21). The van der Waals surface area contributed by atoms with Crippen LogP contribution in [0.5, 0.6) is 0 Å². The molecule has 1 aromatic heterocycles. The second-order valence-corrected chi connectivity index (χ2v) is 5.80. The Morgan fingerprint density at radius 1 is 1.61 bits per heavy atom. The molecule has 9 heteroatoms. The molecule has 0 spiro atoms. The molecule has 6 nitrogen and oxygen atoms in total. The highest BCUT2D eigenvalue weighted by atomic mass is 19.4. The predicted octanol–water partition coefficient (Wildman–Crippen LogP) is 1.24. The molecule has 0 saturated carbocycles. The van der Waals surface area contributed by atoms with E-state index in [-0.39, 0.29) is 6.10 Å². The highest BCUT2D eigenvalue weighted by molar-refractivity contribution is 5.77. The molecule has 1 fully saturated rings. The molecule has 3 atom stereocenters. The van der Waals surface area contributed by atoms with Crippen LogP contribution >= 0.6 is 0 Å². The van der Waals surface area contributed by atoms with Crippen molar-refractivity contribution in [3.05, 3.63) is 18.2 Å². The SMILES string of the molecule is CC(NC(=O)CC(O)(c1nccn1C)C(F)(F)F)C1CCCO1. The van der Waals surface area contributed by atoms with Crippen molar-refractivity contribution in [3.8, 4) is 0 Å². The number of nitrogens with one attached hydrogen (secondary N) is 1. The average molecular weight is 335 g/mol. The van der Waals surface area contributed by atoms with Crippen LogP contribution in [0.4, 0.5) is 13.2 Å². The van der Waals surface area contributed by atoms with Gasteiger partial charge in [0.15, 0.2) is 5.82 Å². The normalized spacial score (nSPS) is 22.6. The number of carbonyl (C=O) groups is 1. The van der Waals surface area contributed by atoms with Crippen LogP contribution in [0.25, 0.3) is 0 Å². The monoisotopic (exact) mass is 335 g/mol. The molecule has 1 saturated heterocycles. The van der Waals surface area contributed by atoms with Gasteiger partial charge in [-0.15, -0.1) is 0 Å². The molecule has 1 aromatic rings. The number of aliphatic hydroxyl groups is 1. The van der Waals surface area contributed by atoms with Crippen LogP contribution in [0.2, 0.25) is 0 Å². The fourth-order valence-electron chi connectivity index (χ4n) is 2.70. The molecule has 3 unspecified atom stereocenters. The van der Waals surface area contributed by atoms with Gasteiger partial charge < -0.3 is 19.7 Å². The minimum Gasteiger partial charge on any atom is -0.376 e. The summed E-state index contributed by atoms with van der Waals surface area (Å²) in [5.74, 6) is -1.53. The van der Waals surface area contributed by atoms with Crippen molar-refractivity contribution in [2.75, 3.05) is 6.61 Å². The van der Waals surface area contributed by atoms with Crippen molar-refractivity contribution >= 4 is 5.91 Å². The summed E-state index contributed by atoms with van der Waals surface area (Å²) in [6.45, 7) is 2.24. The number of halogens is 3. The van der Waals surface area contributed by atoms with E-state index in [4.69, 9.17) is 4.74 Å². The zero-order valence-corrected chi connectivity index (χ0v) is 12.9. The first kappa shape index (κ1) is 17.7. The van der Waals surface area contributed by atoms with Gasteiger partial charge in [0.2, 0.25) is 11.5 Å². The number of amides is 1. The van der Waals surface area contributed by atoms with Gasteiger partial charge in [0, 0.05) is 26.0 Å². The van der Waals surface area contributed by atoms with E-state index in [2.05, 4.69) is 10.3 Å². The molecule has 1 aliphatic heterocycles. The zero-order chi connectivity index (χ0) is 17.3. The van der Waals surface area contributed by atoms with Crippen molar-refractivity contribution in [3.63, 3.8) is 0 Å². The molecule has 2 heterocycles. The quantitative estimate of drug-likeness (QED) is 0.849. The van der Waals surface area contributed by atoms with E-state index in [0.29, 0.717) is 6.61 Å². The summed E-state index contributed by atoms with van der Waals surface area (Å²) in [5, 5.41) is 12.6. The van der Waals surface area contributed by atoms with Gasteiger partial charge in [0.05, 0.1) is 18.6 Å². The van der Waals surface area contributed by atoms with Gasteiger partial charge >= 0.3 is 6.18 Å². The maximum absolute atomic E-state index is 13.3. The molecule has 23 heavy (non-hydrogen) atoms. The van der Waals surface area contributed by atoms with E-state index in [1.165, 1.54) is 13.2 Å². The first-order chi connectivity index (χ1) is 10.6. The van der Waals surface area contributed by atoms with Crippen molar-refractivity contribution in [1.82, 2.24) is 14.9 Å². The number of carbonyl (C=O) groups excluding carboxylic acids is 1. The van der Waals surface area contributed by atoms with E-state index in [1.54, 1.807) is 6.92 Å². The lowest BCUT2D eigenvalue weighted by Gasteiger charge is -2.30. The van der Waals surface area contributed by atoms with Crippen LogP contribution in [-0.2, 0) is 22.2 Å². The Kier molecular flexibility index (Phi) is 5.00. The number of aromatic nitrogens is 2. The minimum absolute atomic E-state index is 0.217. The van der Waals surface area contributed by atoms with Crippen molar-refractivity contribution in [2.24, 2.45) is 7.05 Å². The summed E-state index contributed by atoms with van der Waals surface area (Å²) in [6.07, 6.45) is -2.40. The third-order valence-electron chi connectivity index (χ3n) is 3.99. The Labute approximate surface area is 131 Å². The van der Waals surface area contributed by atoms with Crippen LogP contribution in [-0.4, -0.2) is 45.5 Å². The highest BCUT2D eigenvalue weighted by Gasteiger charge is 2.58. The Bertz CT molecular complexity index is 555. The Morgan fingerprint density at radius 3 is 2.78 bits per heavy atom. The summed E-state index contributed by atoms with van der Waals surface area (Å²) in [7, 11) is 1.33. The largest absolute Gasteiger partial charge is 0.425 e.